The van der Waals surface area contributed by atoms with Crippen molar-refractivity contribution in [3.05, 3.63) is 47.3 Å². The van der Waals surface area contributed by atoms with E-state index < -0.39 is 5.82 Å². The molecule has 1 aliphatic carbocycles. The van der Waals surface area contributed by atoms with Crippen LogP contribution in [0.4, 0.5) is 4.39 Å². The highest BCUT2D eigenvalue weighted by Crippen LogP contribution is 2.33. The molecular weight excluding hydrogens is 309 g/mol. The minimum atomic E-state index is -0.540. The third kappa shape index (κ3) is 3.27. The number of hydrogen-bond donors (Lipinski definition) is 1. The van der Waals surface area contributed by atoms with Crippen LogP contribution in [-0.2, 0) is 6.42 Å². The Kier molecular flexibility index (Phi) is 4.83. The van der Waals surface area contributed by atoms with Crippen molar-refractivity contribution in [2.24, 2.45) is 0 Å². The lowest BCUT2D eigenvalue weighted by Gasteiger charge is -2.29. The molecule has 5 nitrogen and oxygen atoms in total. The van der Waals surface area contributed by atoms with E-state index in [9.17, 15) is 9.18 Å². The molecule has 1 aromatic heterocycles. The number of ether oxygens (including phenoxy) is 1. The molecule has 6 heteroatoms. The van der Waals surface area contributed by atoms with E-state index in [-0.39, 0.29) is 17.2 Å². The summed E-state index contributed by atoms with van der Waals surface area (Å²) in [7, 11) is 1.39. The number of methoxy groups -OCH3 is 1. The SMILES string of the molecule is COc1ccc(C(=O)NCCc2ncc(C)n2C2CCC2)cc1F. The first-order chi connectivity index (χ1) is 11.6. The van der Waals surface area contributed by atoms with Gasteiger partial charge in [-0.2, -0.15) is 0 Å². The maximum Gasteiger partial charge on any atom is 0.251 e. The van der Waals surface area contributed by atoms with Crippen LogP contribution in [0.1, 0.15) is 47.2 Å². The van der Waals surface area contributed by atoms with E-state index in [0.717, 1.165) is 5.82 Å². The van der Waals surface area contributed by atoms with Gasteiger partial charge < -0.3 is 14.6 Å². The monoisotopic (exact) mass is 331 g/mol. The molecule has 1 heterocycles. The zero-order chi connectivity index (χ0) is 17.1. The van der Waals surface area contributed by atoms with Crippen LogP contribution in [0.5, 0.6) is 5.75 Å². The Morgan fingerprint density at radius 2 is 2.25 bits per heavy atom. The Hall–Kier alpha value is -2.37. The zero-order valence-corrected chi connectivity index (χ0v) is 14.0. The first kappa shape index (κ1) is 16.5. The maximum absolute atomic E-state index is 13.7. The summed E-state index contributed by atoms with van der Waals surface area (Å²) in [6, 6.07) is 4.75. The first-order valence-electron chi connectivity index (χ1n) is 8.24. The van der Waals surface area contributed by atoms with Gasteiger partial charge in [0, 0.05) is 36.5 Å². The molecule has 1 fully saturated rings. The molecule has 1 aromatic carbocycles. The molecule has 1 aliphatic rings. The van der Waals surface area contributed by atoms with Crippen molar-refractivity contribution in [2.75, 3.05) is 13.7 Å². The number of aryl methyl sites for hydroxylation is 1. The molecule has 1 amide bonds. The zero-order valence-electron chi connectivity index (χ0n) is 14.0. The molecule has 0 aliphatic heterocycles. The molecule has 2 aromatic rings. The van der Waals surface area contributed by atoms with Crippen molar-refractivity contribution in [1.82, 2.24) is 14.9 Å². The largest absolute Gasteiger partial charge is 0.494 e. The summed E-state index contributed by atoms with van der Waals surface area (Å²) >= 11 is 0. The molecule has 0 atom stereocenters. The Bertz CT molecular complexity index is 738. The standard InChI is InChI=1S/C18H22FN3O2/c1-12-11-21-17(22(12)14-4-3-5-14)8-9-20-18(23)13-6-7-16(24-2)15(19)10-13/h6-7,10-11,14H,3-5,8-9H2,1-2H3,(H,20,23). The lowest BCUT2D eigenvalue weighted by Crippen LogP contribution is -2.28. The predicted octanol–water partition coefficient (Wildman–Crippen LogP) is 3.04. The molecule has 0 radical (unpaired) electrons. The van der Waals surface area contributed by atoms with E-state index in [1.54, 1.807) is 6.07 Å². The van der Waals surface area contributed by atoms with Crippen molar-refractivity contribution < 1.29 is 13.9 Å². The highest BCUT2D eigenvalue weighted by Gasteiger charge is 2.23. The second-order valence-corrected chi connectivity index (χ2v) is 6.13. The number of imidazole rings is 1. The summed E-state index contributed by atoms with van der Waals surface area (Å²) < 4.78 is 20.8. The van der Waals surface area contributed by atoms with Gasteiger partial charge in [0.1, 0.15) is 5.82 Å². The average Bonchev–Trinajstić information content (AvgIpc) is 2.87. The third-order valence-electron chi connectivity index (χ3n) is 4.55. The van der Waals surface area contributed by atoms with E-state index in [4.69, 9.17) is 4.74 Å². The third-order valence-corrected chi connectivity index (χ3v) is 4.55. The van der Waals surface area contributed by atoms with Gasteiger partial charge in [-0.25, -0.2) is 9.37 Å². The van der Waals surface area contributed by atoms with E-state index in [0.29, 0.717) is 19.0 Å². The predicted molar refractivity (Wildman–Crippen MR) is 88.8 cm³/mol. The van der Waals surface area contributed by atoms with Gasteiger partial charge in [0.15, 0.2) is 11.6 Å². The highest BCUT2D eigenvalue weighted by molar-refractivity contribution is 5.94. The number of nitrogens with zero attached hydrogens (tertiary/aromatic N) is 2. The summed E-state index contributed by atoms with van der Waals surface area (Å²) in [5.41, 5.74) is 1.45. The molecule has 1 saturated carbocycles. The minimum absolute atomic E-state index is 0.129. The second-order valence-electron chi connectivity index (χ2n) is 6.13. The van der Waals surface area contributed by atoms with Crippen molar-refractivity contribution in [1.29, 1.82) is 0 Å². The maximum atomic E-state index is 13.7. The number of halogens is 1. The van der Waals surface area contributed by atoms with Crippen LogP contribution >= 0.6 is 0 Å². The van der Waals surface area contributed by atoms with Gasteiger partial charge in [0.05, 0.1) is 7.11 Å². The fourth-order valence-corrected chi connectivity index (χ4v) is 3.02. The van der Waals surface area contributed by atoms with Gasteiger partial charge in [-0.05, 0) is 44.4 Å². The average molecular weight is 331 g/mol. The van der Waals surface area contributed by atoms with Crippen LogP contribution in [0.15, 0.2) is 24.4 Å². The number of amides is 1. The Balaban J connectivity index is 1.58. The van der Waals surface area contributed by atoms with Gasteiger partial charge in [0.2, 0.25) is 0 Å². The van der Waals surface area contributed by atoms with Crippen molar-refractivity contribution >= 4 is 5.91 Å². The van der Waals surface area contributed by atoms with Gasteiger partial charge in [-0.15, -0.1) is 0 Å². The number of hydrogen-bond acceptors (Lipinski definition) is 3. The van der Waals surface area contributed by atoms with E-state index >= 15 is 0 Å². The molecule has 3 rings (SSSR count). The summed E-state index contributed by atoms with van der Waals surface area (Å²) in [4.78, 5) is 16.6. The number of carbonyl (C=O) groups excluding carboxylic acids is 1. The normalized spacial score (nSPS) is 14.3. The van der Waals surface area contributed by atoms with E-state index in [2.05, 4.69) is 21.8 Å². The topological polar surface area (TPSA) is 56.1 Å². The highest BCUT2D eigenvalue weighted by atomic mass is 19.1. The van der Waals surface area contributed by atoms with Crippen LogP contribution in [0.2, 0.25) is 0 Å². The Labute approximate surface area is 140 Å². The Morgan fingerprint density at radius 1 is 1.46 bits per heavy atom. The quantitative estimate of drug-likeness (QED) is 0.885. The summed E-state index contributed by atoms with van der Waals surface area (Å²) in [6.07, 6.45) is 6.20. The number of nitrogens with one attached hydrogen (secondary N) is 1. The van der Waals surface area contributed by atoms with E-state index in [1.165, 1.54) is 44.2 Å². The molecule has 1 N–H and O–H groups in total. The lowest BCUT2D eigenvalue weighted by atomic mass is 9.92. The van der Waals surface area contributed by atoms with Crippen molar-refractivity contribution in [3.63, 3.8) is 0 Å². The molecular formula is C18H22FN3O2. The molecule has 24 heavy (non-hydrogen) atoms. The fraction of sp³-hybridized carbons (Fsp3) is 0.444. The van der Waals surface area contributed by atoms with Crippen LogP contribution in [0.3, 0.4) is 0 Å². The number of carbonyl (C=O) groups is 1. The van der Waals surface area contributed by atoms with Crippen molar-refractivity contribution in [3.8, 4) is 5.75 Å². The minimum Gasteiger partial charge on any atom is -0.494 e. The van der Waals surface area contributed by atoms with Crippen molar-refractivity contribution in [2.45, 2.75) is 38.6 Å². The molecule has 0 saturated heterocycles. The van der Waals surface area contributed by atoms with E-state index in [1.807, 2.05) is 6.20 Å². The number of rotatable bonds is 6. The number of benzene rings is 1. The summed E-state index contributed by atoms with van der Waals surface area (Å²) in [5, 5.41) is 2.82. The van der Waals surface area contributed by atoms with Gasteiger partial charge in [0.25, 0.3) is 5.91 Å². The van der Waals surface area contributed by atoms with Crippen LogP contribution < -0.4 is 10.1 Å². The summed E-state index contributed by atoms with van der Waals surface area (Å²) in [6.45, 7) is 2.53. The Morgan fingerprint density at radius 3 is 2.88 bits per heavy atom. The van der Waals surface area contributed by atoms with Crippen LogP contribution in [0, 0.1) is 12.7 Å². The van der Waals surface area contributed by atoms with Gasteiger partial charge >= 0.3 is 0 Å². The molecule has 128 valence electrons. The lowest BCUT2D eigenvalue weighted by molar-refractivity contribution is 0.0953. The van der Waals surface area contributed by atoms with Crippen LogP contribution in [0.25, 0.3) is 0 Å². The smallest absolute Gasteiger partial charge is 0.251 e. The molecule has 0 bridgehead atoms. The fourth-order valence-electron chi connectivity index (χ4n) is 3.02. The van der Waals surface area contributed by atoms with Gasteiger partial charge in [-0.1, -0.05) is 0 Å². The second kappa shape index (κ2) is 7.03. The first-order valence-corrected chi connectivity index (χ1v) is 8.24. The molecule has 0 unspecified atom stereocenters. The summed E-state index contributed by atoms with van der Waals surface area (Å²) in [5.74, 6) is 0.291. The number of aromatic nitrogens is 2. The van der Waals surface area contributed by atoms with Crippen LogP contribution in [-0.4, -0.2) is 29.1 Å². The molecule has 0 spiro atoms. The van der Waals surface area contributed by atoms with Gasteiger partial charge in [-0.3, -0.25) is 4.79 Å².